The largest absolute Gasteiger partial charge is 0.507 e. The van der Waals surface area contributed by atoms with Gasteiger partial charge in [0, 0.05) is 6.42 Å². The van der Waals surface area contributed by atoms with Crippen LogP contribution in [0.4, 0.5) is 8.78 Å². The lowest BCUT2D eigenvalue weighted by Crippen LogP contribution is -2.04. The number of rotatable bonds is 3. The highest BCUT2D eigenvalue weighted by Gasteiger charge is 2.12. The van der Waals surface area contributed by atoms with Crippen LogP contribution in [-0.2, 0) is 6.42 Å². The SMILES string of the molecule is O=C(Cc1ccc(F)cc1)c1cc(F)ccc1O. The Balaban J connectivity index is 2.21. The number of aromatic hydroxyl groups is 1. The number of carbonyl (C=O) groups excluding carboxylic acids is 1. The molecule has 0 aliphatic carbocycles. The van der Waals surface area contributed by atoms with E-state index in [4.69, 9.17) is 0 Å². The molecule has 2 nitrogen and oxygen atoms in total. The summed E-state index contributed by atoms with van der Waals surface area (Å²) in [6, 6.07) is 8.63. The number of halogens is 2. The van der Waals surface area contributed by atoms with Crippen LogP contribution in [0.2, 0.25) is 0 Å². The summed E-state index contributed by atoms with van der Waals surface area (Å²) in [6.45, 7) is 0. The van der Waals surface area contributed by atoms with Gasteiger partial charge in [0.25, 0.3) is 0 Å². The van der Waals surface area contributed by atoms with Crippen molar-refractivity contribution in [3.8, 4) is 5.75 Å². The van der Waals surface area contributed by atoms with Crippen molar-refractivity contribution in [2.45, 2.75) is 6.42 Å². The fourth-order valence-corrected chi connectivity index (χ4v) is 1.61. The number of benzene rings is 2. The van der Waals surface area contributed by atoms with Crippen molar-refractivity contribution in [1.82, 2.24) is 0 Å². The predicted octanol–water partition coefficient (Wildman–Crippen LogP) is 3.10. The molecule has 0 aromatic heterocycles. The molecule has 2 aromatic carbocycles. The molecule has 0 spiro atoms. The maximum absolute atomic E-state index is 13.0. The first kappa shape index (κ1) is 12.2. The lowest BCUT2D eigenvalue weighted by Gasteiger charge is -2.04. The number of phenolic OH excluding ortho intramolecular Hbond substituents is 1. The molecule has 4 heteroatoms. The van der Waals surface area contributed by atoms with Crippen molar-refractivity contribution in [3.63, 3.8) is 0 Å². The van der Waals surface area contributed by atoms with Crippen LogP contribution in [0.3, 0.4) is 0 Å². The number of Topliss-reactive ketones (excluding diaryl/α,β-unsaturated/α-hetero) is 1. The second kappa shape index (κ2) is 4.96. The van der Waals surface area contributed by atoms with Gasteiger partial charge in [-0.25, -0.2) is 8.78 Å². The van der Waals surface area contributed by atoms with E-state index in [9.17, 15) is 18.7 Å². The number of hydrogen-bond acceptors (Lipinski definition) is 2. The Morgan fingerprint density at radius 1 is 1.00 bits per heavy atom. The summed E-state index contributed by atoms with van der Waals surface area (Å²) in [6.07, 6.45) is -0.0166. The lowest BCUT2D eigenvalue weighted by atomic mass is 10.0. The average Bonchev–Trinajstić information content (AvgIpc) is 2.35. The first-order chi connectivity index (χ1) is 8.56. The van der Waals surface area contributed by atoms with Gasteiger partial charge in [-0.3, -0.25) is 4.79 Å². The Kier molecular flexibility index (Phi) is 3.37. The fourth-order valence-electron chi connectivity index (χ4n) is 1.61. The van der Waals surface area contributed by atoms with Crippen LogP contribution in [0, 0.1) is 11.6 Å². The molecule has 2 aromatic rings. The fraction of sp³-hybridized carbons (Fsp3) is 0.0714. The monoisotopic (exact) mass is 248 g/mol. The summed E-state index contributed by atoms with van der Waals surface area (Å²) in [7, 11) is 0. The van der Waals surface area contributed by atoms with E-state index >= 15 is 0 Å². The minimum atomic E-state index is -0.588. The van der Waals surface area contributed by atoms with E-state index in [1.807, 2.05) is 0 Å². The molecule has 0 radical (unpaired) electrons. The van der Waals surface area contributed by atoms with E-state index in [1.165, 1.54) is 24.3 Å². The number of ketones is 1. The predicted molar refractivity (Wildman–Crippen MR) is 62.5 cm³/mol. The van der Waals surface area contributed by atoms with Crippen molar-refractivity contribution >= 4 is 5.78 Å². The van der Waals surface area contributed by atoms with Gasteiger partial charge in [0.2, 0.25) is 0 Å². The normalized spacial score (nSPS) is 10.3. The van der Waals surface area contributed by atoms with Crippen molar-refractivity contribution in [2.24, 2.45) is 0 Å². The van der Waals surface area contributed by atoms with Crippen LogP contribution in [0.1, 0.15) is 15.9 Å². The third-order valence-electron chi connectivity index (χ3n) is 2.54. The van der Waals surface area contributed by atoms with Gasteiger partial charge in [-0.05, 0) is 35.9 Å². The van der Waals surface area contributed by atoms with E-state index in [1.54, 1.807) is 0 Å². The van der Waals surface area contributed by atoms with Crippen LogP contribution in [0.25, 0.3) is 0 Å². The number of phenols is 1. The van der Waals surface area contributed by atoms with E-state index in [0.29, 0.717) is 5.56 Å². The van der Waals surface area contributed by atoms with Crippen molar-refractivity contribution in [2.75, 3.05) is 0 Å². The average molecular weight is 248 g/mol. The highest BCUT2D eigenvalue weighted by molar-refractivity contribution is 5.99. The van der Waals surface area contributed by atoms with Crippen molar-refractivity contribution in [1.29, 1.82) is 0 Å². The zero-order valence-electron chi connectivity index (χ0n) is 9.36. The smallest absolute Gasteiger partial charge is 0.171 e. The van der Waals surface area contributed by atoms with Crippen LogP contribution in [0.5, 0.6) is 5.75 Å². The number of hydrogen-bond donors (Lipinski definition) is 1. The summed E-state index contributed by atoms with van der Waals surface area (Å²) in [5.74, 6) is -1.66. The van der Waals surface area contributed by atoms with E-state index < -0.39 is 11.6 Å². The van der Waals surface area contributed by atoms with E-state index in [2.05, 4.69) is 0 Å². The molecule has 0 atom stereocenters. The maximum atomic E-state index is 13.0. The summed E-state index contributed by atoms with van der Waals surface area (Å²) in [4.78, 5) is 11.9. The minimum absolute atomic E-state index is 0.0166. The zero-order chi connectivity index (χ0) is 13.1. The second-order valence-corrected chi connectivity index (χ2v) is 3.89. The zero-order valence-corrected chi connectivity index (χ0v) is 9.36. The number of carbonyl (C=O) groups is 1. The van der Waals surface area contributed by atoms with Gasteiger partial charge in [0.05, 0.1) is 5.56 Å². The first-order valence-electron chi connectivity index (χ1n) is 5.32. The molecular weight excluding hydrogens is 238 g/mol. The molecule has 0 heterocycles. The van der Waals surface area contributed by atoms with Gasteiger partial charge in [0.15, 0.2) is 5.78 Å². The van der Waals surface area contributed by atoms with Gasteiger partial charge in [-0.15, -0.1) is 0 Å². The van der Waals surface area contributed by atoms with Crippen LogP contribution < -0.4 is 0 Å². The van der Waals surface area contributed by atoms with E-state index in [-0.39, 0.29) is 23.6 Å². The van der Waals surface area contributed by atoms with Gasteiger partial charge in [-0.1, -0.05) is 12.1 Å². The molecule has 0 aliphatic heterocycles. The summed E-state index contributed by atoms with van der Waals surface area (Å²) < 4.78 is 25.7. The Morgan fingerprint density at radius 3 is 2.28 bits per heavy atom. The Labute approximate surface area is 103 Å². The van der Waals surface area contributed by atoms with Crippen LogP contribution >= 0.6 is 0 Å². The van der Waals surface area contributed by atoms with Gasteiger partial charge < -0.3 is 5.11 Å². The topological polar surface area (TPSA) is 37.3 Å². The molecule has 0 saturated heterocycles. The molecular formula is C14H10F2O2. The molecule has 0 bridgehead atoms. The van der Waals surface area contributed by atoms with Gasteiger partial charge in [0.1, 0.15) is 17.4 Å². The molecule has 0 unspecified atom stereocenters. The Bertz CT molecular complexity index is 577. The Morgan fingerprint density at radius 2 is 1.61 bits per heavy atom. The van der Waals surface area contributed by atoms with Gasteiger partial charge >= 0.3 is 0 Å². The molecule has 92 valence electrons. The molecule has 0 aliphatic rings. The quantitative estimate of drug-likeness (QED) is 0.847. The summed E-state index contributed by atoms with van der Waals surface area (Å²) >= 11 is 0. The highest BCUT2D eigenvalue weighted by atomic mass is 19.1. The molecule has 18 heavy (non-hydrogen) atoms. The van der Waals surface area contributed by atoms with Gasteiger partial charge in [-0.2, -0.15) is 0 Å². The maximum Gasteiger partial charge on any atom is 0.171 e. The standard InChI is InChI=1S/C14H10F2O2/c15-10-3-1-9(2-4-10)7-14(18)12-8-11(16)5-6-13(12)17/h1-6,8,17H,7H2. The second-order valence-electron chi connectivity index (χ2n) is 3.89. The van der Waals surface area contributed by atoms with Crippen LogP contribution in [0.15, 0.2) is 42.5 Å². The Hall–Kier alpha value is -2.23. The van der Waals surface area contributed by atoms with Crippen molar-refractivity contribution in [3.05, 3.63) is 65.2 Å². The van der Waals surface area contributed by atoms with Crippen molar-refractivity contribution < 1.29 is 18.7 Å². The first-order valence-corrected chi connectivity index (χ1v) is 5.32. The summed E-state index contributed by atoms with van der Waals surface area (Å²) in [5.41, 5.74) is 0.532. The molecule has 2 rings (SSSR count). The third-order valence-corrected chi connectivity index (χ3v) is 2.54. The van der Waals surface area contributed by atoms with Crippen LogP contribution in [-0.4, -0.2) is 10.9 Å². The minimum Gasteiger partial charge on any atom is -0.507 e. The lowest BCUT2D eigenvalue weighted by molar-refractivity contribution is 0.0990. The molecule has 0 saturated carbocycles. The van der Waals surface area contributed by atoms with E-state index in [0.717, 1.165) is 18.2 Å². The third kappa shape index (κ3) is 2.71. The molecule has 1 N–H and O–H groups in total. The summed E-state index contributed by atoms with van der Waals surface area (Å²) in [5, 5.41) is 9.48. The molecule has 0 amide bonds. The molecule has 0 fully saturated rings. The highest BCUT2D eigenvalue weighted by Crippen LogP contribution is 2.20.